The topological polar surface area (TPSA) is 12.9 Å². The zero-order valence-corrected chi connectivity index (χ0v) is 8.08. The lowest BCUT2D eigenvalue weighted by atomic mass is 10.4. The first kappa shape index (κ1) is 7.95. The molecule has 0 spiro atoms. The second kappa shape index (κ2) is 3.88. The van der Waals surface area contributed by atoms with Crippen molar-refractivity contribution >= 4 is 33.3 Å². The third-order valence-electron chi connectivity index (χ3n) is 1.13. The number of hydrogen-bond acceptors (Lipinski definition) is 2. The van der Waals surface area contributed by atoms with Gasteiger partial charge < -0.3 is 0 Å². The first-order chi connectivity index (χ1) is 4.86. The number of thiazole rings is 1. The summed E-state index contributed by atoms with van der Waals surface area (Å²) in [5.74, 6) is 0. The minimum absolute atomic E-state index is 1.06. The van der Waals surface area contributed by atoms with Gasteiger partial charge in [-0.1, -0.05) is 22.9 Å². The second-order valence-corrected chi connectivity index (χ2v) is 3.49. The average Bonchev–Trinajstić information content (AvgIpc) is 2.37. The van der Waals surface area contributed by atoms with Gasteiger partial charge in [0.1, 0.15) is 5.01 Å². The van der Waals surface area contributed by atoms with Crippen LogP contribution in [0.3, 0.4) is 0 Å². The van der Waals surface area contributed by atoms with Gasteiger partial charge in [0.2, 0.25) is 0 Å². The number of nitrogens with zero attached hydrogens (tertiary/aromatic N) is 1. The first-order valence-corrected chi connectivity index (χ1v) is 4.81. The molecular formula is C7H8BrNS. The van der Waals surface area contributed by atoms with Gasteiger partial charge in [-0.3, -0.25) is 0 Å². The Hall–Kier alpha value is -0.150. The normalized spacial score (nSPS) is 11.0. The van der Waals surface area contributed by atoms with Crippen LogP contribution in [0.15, 0.2) is 11.2 Å². The van der Waals surface area contributed by atoms with E-state index in [2.05, 4.69) is 27.8 Å². The van der Waals surface area contributed by atoms with Crippen molar-refractivity contribution < 1.29 is 0 Å². The van der Waals surface area contributed by atoms with Gasteiger partial charge in [-0.2, -0.15) is 0 Å². The van der Waals surface area contributed by atoms with E-state index in [9.17, 15) is 0 Å². The highest BCUT2D eigenvalue weighted by Crippen LogP contribution is 2.14. The molecule has 0 saturated heterocycles. The van der Waals surface area contributed by atoms with Crippen molar-refractivity contribution in [3.05, 3.63) is 21.1 Å². The van der Waals surface area contributed by atoms with E-state index in [4.69, 9.17) is 0 Å². The van der Waals surface area contributed by atoms with Crippen LogP contribution in [0, 0.1) is 0 Å². The highest BCUT2D eigenvalue weighted by Gasteiger charge is 1.94. The number of halogens is 1. The fourth-order valence-electron chi connectivity index (χ4n) is 0.617. The molecule has 0 radical (unpaired) electrons. The van der Waals surface area contributed by atoms with Crippen molar-refractivity contribution in [3.8, 4) is 0 Å². The Balaban J connectivity index is 2.78. The molecule has 0 N–H and O–H groups in total. The first-order valence-electron chi connectivity index (χ1n) is 3.08. The molecule has 54 valence electrons. The Morgan fingerprint density at radius 2 is 2.60 bits per heavy atom. The number of rotatable bonds is 2. The van der Waals surface area contributed by atoms with E-state index in [0.717, 1.165) is 11.4 Å². The molecule has 1 heterocycles. The highest BCUT2D eigenvalue weighted by molar-refractivity contribution is 9.11. The fourth-order valence-corrected chi connectivity index (χ4v) is 1.80. The predicted octanol–water partition coefficient (Wildman–Crippen LogP) is 3.07. The maximum atomic E-state index is 4.18. The van der Waals surface area contributed by atoms with E-state index in [-0.39, 0.29) is 0 Å². The number of hydrogen-bond donors (Lipinski definition) is 0. The van der Waals surface area contributed by atoms with Gasteiger partial charge in [-0.05, 0) is 17.5 Å². The Labute approximate surface area is 72.9 Å². The van der Waals surface area contributed by atoms with Crippen molar-refractivity contribution in [2.24, 2.45) is 0 Å². The maximum absolute atomic E-state index is 4.18. The summed E-state index contributed by atoms with van der Waals surface area (Å²) in [6.45, 7) is 2.13. The van der Waals surface area contributed by atoms with Crippen LogP contribution in [0.2, 0.25) is 0 Å². The third-order valence-corrected chi connectivity index (χ3v) is 2.50. The minimum atomic E-state index is 1.06. The molecule has 0 amide bonds. The molecule has 0 bridgehead atoms. The van der Waals surface area contributed by atoms with Gasteiger partial charge in [0.25, 0.3) is 0 Å². The van der Waals surface area contributed by atoms with Gasteiger partial charge in [0.05, 0.1) is 0 Å². The lowest BCUT2D eigenvalue weighted by molar-refractivity contribution is 1.17. The molecule has 0 aromatic carbocycles. The highest BCUT2D eigenvalue weighted by atomic mass is 79.9. The Bertz CT molecular complexity index is 229. The number of aryl methyl sites for hydroxylation is 1. The van der Waals surface area contributed by atoms with Gasteiger partial charge in [0.15, 0.2) is 0 Å². The van der Waals surface area contributed by atoms with Crippen molar-refractivity contribution in [1.82, 2.24) is 4.98 Å². The Morgan fingerprint density at radius 1 is 1.80 bits per heavy atom. The molecule has 0 atom stereocenters. The lowest BCUT2D eigenvalue weighted by Gasteiger charge is -1.79. The predicted molar refractivity (Wildman–Crippen MR) is 49.5 cm³/mol. The zero-order chi connectivity index (χ0) is 7.40. The molecule has 10 heavy (non-hydrogen) atoms. The summed E-state index contributed by atoms with van der Waals surface area (Å²) in [5, 5.41) is 1.06. The van der Waals surface area contributed by atoms with E-state index in [1.54, 1.807) is 11.3 Å². The summed E-state index contributed by atoms with van der Waals surface area (Å²) in [4.78, 5) is 7.34. The Kier molecular flexibility index (Phi) is 3.09. The van der Waals surface area contributed by atoms with Crippen molar-refractivity contribution in [2.45, 2.75) is 13.3 Å². The molecule has 1 aromatic rings. The van der Waals surface area contributed by atoms with E-state index in [1.165, 1.54) is 4.88 Å². The van der Waals surface area contributed by atoms with Crippen LogP contribution in [0.25, 0.3) is 6.08 Å². The van der Waals surface area contributed by atoms with E-state index in [1.807, 2.05) is 17.3 Å². The molecule has 0 aliphatic rings. The van der Waals surface area contributed by atoms with Crippen molar-refractivity contribution in [2.75, 3.05) is 0 Å². The van der Waals surface area contributed by atoms with Gasteiger partial charge in [-0.15, -0.1) is 11.3 Å². The van der Waals surface area contributed by atoms with Crippen LogP contribution in [-0.4, -0.2) is 4.98 Å². The van der Waals surface area contributed by atoms with E-state index < -0.39 is 0 Å². The van der Waals surface area contributed by atoms with Crippen LogP contribution in [-0.2, 0) is 6.42 Å². The molecule has 0 saturated carbocycles. The Morgan fingerprint density at radius 3 is 3.10 bits per heavy atom. The minimum Gasteiger partial charge on any atom is -0.245 e. The van der Waals surface area contributed by atoms with Crippen LogP contribution in [0.4, 0.5) is 0 Å². The summed E-state index contributed by atoms with van der Waals surface area (Å²) >= 11 is 4.93. The molecule has 1 nitrogen and oxygen atoms in total. The van der Waals surface area contributed by atoms with Crippen LogP contribution in [0.1, 0.15) is 16.8 Å². The lowest BCUT2D eigenvalue weighted by Crippen LogP contribution is -1.64. The van der Waals surface area contributed by atoms with Crippen LogP contribution in [0.5, 0.6) is 0 Å². The van der Waals surface area contributed by atoms with Gasteiger partial charge in [0, 0.05) is 11.1 Å². The summed E-state index contributed by atoms with van der Waals surface area (Å²) in [6, 6.07) is 0. The SMILES string of the molecule is CCc1cnc(/C=C/Br)s1. The summed E-state index contributed by atoms with van der Waals surface area (Å²) in [7, 11) is 0. The molecular weight excluding hydrogens is 210 g/mol. The van der Waals surface area contributed by atoms with Crippen LogP contribution >= 0.6 is 27.3 Å². The fraction of sp³-hybridized carbons (Fsp3) is 0.286. The summed E-state index contributed by atoms with van der Waals surface area (Å²) in [6.07, 6.45) is 4.95. The molecule has 0 unspecified atom stereocenters. The standard InChI is InChI=1S/C7H8BrNS/c1-2-6-5-9-7(10-6)3-4-8/h3-5H,2H2,1H3/b4-3+. The average molecular weight is 218 g/mol. The molecule has 3 heteroatoms. The van der Waals surface area contributed by atoms with Crippen molar-refractivity contribution in [1.29, 1.82) is 0 Å². The largest absolute Gasteiger partial charge is 0.245 e. The third kappa shape index (κ3) is 1.92. The molecule has 0 fully saturated rings. The molecule has 0 aliphatic heterocycles. The summed E-state index contributed by atoms with van der Waals surface area (Å²) in [5.41, 5.74) is 0. The molecule has 1 rings (SSSR count). The van der Waals surface area contributed by atoms with Gasteiger partial charge in [-0.25, -0.2) is 4.98 Å². The smallest absolute Gasteiger partial charge is 0.116 e. The van der Waals surface area contributed by atoms with Crippen LogP contribution < -0.4 is 0 Å². The maximum Gasteiger partial charge on any atom is 0.116 e. The van der Waals surface area contributed by atoms with Crippen molar-refractivity contribution in [3.63, 3.8) is 0 Å². The monoisotopic (exact) mass is 217 g/mol. The number of aromatic nitrogens is 1. The summed E-state index contributed by atoms with van der Waals surface area (Å²) < 4.78 is 0. The molecule has 1 aromatic heterocycles. The van der Waals surface area contributed by atoms with E-state index in [0.29, 0.717) is 0 Å². The quantitative estimate of drug-likeness (QED) is 0.743. The van der Waals surface area contributed by atoms with Gasteiger partial charge >= 0.3 is 0 Å². The molecule has 0 aliphatic carbocycles. The second-order valence-electron chi connectivity index (χ2n) is 1.81. The van der Waals surface area contributed by atoms with E-state index >= 15 is 0 Å². The zero-order valence-electron chi connectivity index (χ0n) is 5.67.